The summed E-state index contributed by atoms with van der Waals surface area (Å²) in [6.07, 6.45) is 3.48. The summed E-state index contributed by atoms with van der Waals surface area (Å²) in [4.78, 5) is 6.31. The molecular formula is C10H17FN4. The SMILES string of the molecule is Cn1ccnc1CN1CC(F)CC1CN. The number of rotatable bonds is 3. The van der Waals surface area contributed by atoms with Crippen molar-refractivity contribution in [1.82, 2.24) is 14.5 Å². The largest absolute Gasteiger partial charge is 0.337 e. The van der Waals surface area contributed by atoms with E-state index in [1.807, 2.05) is 17.8 Å². The van der Waals surface area contributed by atoms with Gasteiger partial charge in [0.15, 0.2) is 0 Å². The average Bonchev–Trinajstić information content (AvgIpc) is 2.75. The van der Waals surface area contributed by atoms with Gasteiger partial charge in [0.2, 0.25) is 0 Å². The van der Waals surface area contributed by atoms with E-state index in [-0.39, 0.29) is 6.04 Å². The van der Waals surface area contributed by atoms with Crippen LogP contribution in [0, 0.1) is 0 Å². The quantitative estimate of drug-likeness (QED) is 0.783. The Labute approximate surface area is 88.9 Å². The molecule has 2 atom stereocenters. The van der Waals surface area contributed by atoms with Crippen molar-refractivity contribution in [3.63, 3.8) is 0 Å². The summed E-state index contributed by atoms with van der Waals surface area (Å²) in [7, 11) is 1.95. The fraction of sp³-hybridized carbons (Fsp3) is 0.700. The number of aromatic nitrogens is 2. The van der Waals surface area contributed by atoms with E-state index in [0.29, 0.717) is 26.1 Å². The molecule has 0 amide bonds. The lowest BCUT2D eigenvalue weighted by Crippen LogP contribution is -2.35. The van der Waals surface area contributed by atoms with Crippen LogP contribution < -0.4 is 5.73 Å². The molecule has 5 heteroatoms. The van der Waals surface area contributed by atoms with E-state index < -0.39 is 6.17 Å². The first kappa shape index (κ1) is 10.6. The zero-order valence-corrected chi connectivity index (χ0v) is 8.93. The van der Waals surface area contributed by atoms with Gasteiger partial charge in [-0.25, -0.2) is 9.37 Å². The standard InChI is InChI=1S/C10H17FN4/c1-14-3-2-13-10(14)7-15-6-8(11)4-9(15)5-12/h2-3,8-9H,4-7,12H2,1H3. The molecule has 1 aliphatic heterocycles. The number of imidazole rings is 1. The van der Waals surface area contributed by atoms with Gasteiger partial charge in [-0.2, -0.15) is 0 Å². The Morgan fingerprint density at radius 1 is 1.67 bits per heavy atom. The molecule has 0 aromatic carbocycles. The lowest BCUT2D eigenvalue weighted by molar-refractivity contribution is 0.231. The van der Waals surface area contributed by atoms with Crippen molar-refractivity contribution in [2.24, 2.45) is 12.8 Å². The van der Waals surface area contributed by atoms with Crippen molar-refractivity contribution < 1.29 is 4.39 Å². The maximum Gasteiger partial charge on any atom is 0.122 e. The molecule has 1 saturated heterocycles. The third kappa shape index (κ3) is 2.18. The van der Waals surface area contributed by atoms with E-state index in [1.54, 1.807) is 6.20 Å². The fourth-order valence-electron chi connectivity index (χ4n) is 2.09. The van der Waals surface area contributed by atoms with Crippen LogP contribution in [0.15, 0.2) is 12.4 Å². The second-order valence-corrected chi connectivity index (χ2v) is 4.11. The highest BCUT2D eigenvalue weighted by Gasteiger charge is 2.31. The Bertz CT molecular complexity index is 325. The van der Waals surface area contributed by atoms with Crippen molar-refractivity contribution in [2.75, 3.05) is 13.1 Å². The van der Waals surface area contributed by atoms with Crippen molar-refractivity contribution in [2.45, 2.75) is 25.2 Å². The first-order valence-corrected chi connectivity index (χ1v) is 5.25. The van der Waals surface area contributed by atoms with Crippen molar-refractivity contribution in [1.29, 1.82) is 0 Å². The van der Waals surface area contributed by atoms with E-state index in [0.717, 1.165) is 5.82 Å². The molecule has 4 nitrogen and oxygen atoms in total. The van der Waals surface area contributed by atoms with Gasteiger partial charge in [0.05, 0.1) is 6.54 Å². The topological polar surface area (TPSA) is 47.1 Å². The molecule has 1 aromatic rings. The molecule has 0 aliphatic carbocycles. The maximum absolute atomic E-state index is 13.2. The first-order chi connectivity index (χ1) is 7.20. The normalized spacial score (nSPS) is 27.4. The van der Waals surface area contributed by atoms with Crippen molar-refractivity contribution in [3.8, 4) is 0 Å². The number of alkyl halides is 1. The maximum atomic E-state index is 13.2. The molecule has 0 spiro atoms. The van der Waals surface area contributed by atoms with Crippen LogP contribution in [0.4, 0.5) is 4.39 Å². The molecule has 2 N–H and O–H groups in total. The van der Waals surface area contributed by atoms with Crippen LogP contribution in [-0.2, 0) is 13.6 Å². The van der Waals surface area contributed by atoms with E-state index in [4.69, 9.17) is 5.73 Å². The van der Waals surface area contributed by atoms with Gasteiger partial charge in [-0.1, -0.05) is 0 Å². The highest BCUT2D eigenvalue weighted by Crippen LogP contribution is 2.21. The zero-order chi connectivity index (χ0) is 10.8. The van der Waals surface area contributed by atoms with Crippen LogP contribution >= 0.6 is 0 Å². The van der Waals surface area contributed by atoms with Crippen LogP contribution in [0.25, 0.3) is 0 Å². The molecule has 2 rings (SSSR count). The minimum atomic E-state index is -0.737. The molecule has 0 saturated carbocycles. The van der Waals surface area contributed by atoms with Gasteiger partial charge < -0.3 is 10.3 Å². The van der Waals surface area contributed by atoms with E-state index >= 15 is 0 Å². The molecule has 1 aliphatic rings. The second kappa shape index (κ2) is 4.28. The third-order valence-electron chi connectivity index (χ3n) is 3.01. The van der Waals surface area contributed by atoms with Gasteiger partial charge in [-0.15, -0.1) is 0 Å². The predicted molar refractivity (Wildman–Crippen MR) is 56.0 cm³/mol. The van der Waals surface area contributed by atoms with Crippen LogP contribution in [0.5, 0.6) is 0 Å². The van der Waals surface area contributed by atoms with Gasteiger partial charge in [-0.3, -0.25) is 4.90 Å². The molecule has 15 heavy (non-hydrogen) atoms. The highest BCUT2D eigenvalue weighted by atomic mass is 19.1. The molecule has 1 fully saturated rings. The van der Waals surface area contributed by atoms with E-state index in [9.17, 15) is 4.39 Å². The van der Waals surface area contributed by atoms with E-state index in [1.165, 1.54) is 0 Å². The predicted octanol–water partition coefficient (Wildman–Crippen LogP) is 0.291. The molecule has 84 valence electrons. The molecule has 2 heterocycles. The summed E-state index contributed by atoms with van der Waals surface area (Å²) < 4.78 is 15.2. The van der Waals surface area contributed by atoms with Crippen molar-refractivity contribution >= 4 is 0 Å². The van der Waals surface area contributed by atoms with Gasteiger partial charge >= 0.3 is 0 Å². The lowest BCUT2D eigenvalue weighted by atomic mass is 10.2. The van der Waals surface area contributed by atoms with Gasteiger partial charge in [0, 0.05) is 38.6 Å². The Morgan fingerprint density at radius 2 is 2.47 bits per heavy atom. The summed E-state index contributed by atoms with van der Waals surface area (Å²) in [6.45, 7) is 1.69. The molecule has 0 bridgehead atoms. The van der Waals surface area contributed by atoms with Crippen molar-refractivity contribution in [3.05, 3.63) is 18.2 Å². The Morgan fingerprint density at radius 3 is 3.07 bits per heavy atom. The smallest absolute Gasteiger partial charge is 0.122 e. The second-order valence-electron chi connectivity index (χ2n) is 4.11. The van der Waals surface area contributed by atoms with Crippen LogP contribution in [0.3, 0.4) is 0 Å². The molecule has 0 radical (unpaired) electrons. The van der Waals surface area contributed by atoms with Crippen LogP contribution in [-0.4, -0.2) is 39.8 Å². The number of aryl methyl sites for hydroxylation is 1. The van der Waals surface area contributed by atoms with E-state index in [2.05, 4.69) is 9.88 Å². The highest BCUT2D eigenvalue weighted by molar-refractivity contribution is 4.95. The Balaban J connectivity index is 2.02. The summed E-state index contributed by atoms with van der Waals surface area (Å²) in [6, 6.07) is 0.164. The summed E-state index contributed by atoms with van der Waals surface area (Å²) in [5.74, 6) is 0.961. The third-order valence-corrected chi connectivity index (χ3v) is 3.01. The Hall–Kier alpha value is -0.940. The zero-order valence-electron chi connectivity index (χ0n) is 8.93. The Kier molecular flexibility index (Phi) is 3.02. The molecular weight excluding hydrogens is 195 g/mol. The summed E-state index contributed by atoms with van der Waals surface area (Å²) in [5.41, 5.74) is 5.62. The first-order valence-electron chi connectivity index (χ1n) is 5.25. The van der Waals surface area contributed by atoms with Gasteiger partial charge in [0.25, 0.3) is 0 Å². The minimum absolute atomic E-state index is 0.164. The minimum Gasteiger partial charge on any atom is -0.337 e. The number of hydrogen-bond donors (Lipinski definition) is 1. The number of likely N-dealkylation sites (tertiary alicyclic amines) is 1. The number of nitrogens with zero attached hydrogens (tertiary/aromatic N) is 3. The van der Waals surface area contributed by atoms with Crippen LogP contribution in [0.1, 0.15) is 12.2 Å². The number of hydrogen-bond acceptors (Lipinski definition) is 3. The van der Waals surface area contributed by atoms with Gasteiger partial charge in [-0.05, 0) is 6.42 Å². The summed E-state index contributed by atoms with van der Waals surface area (Å²) >= 11 is 0. The lowest BCUT2D eigenvalue weighted by Gasteiger charge is -2.21. The fourth-order valence-corrected chi connectivity index (χ4v) is 2.09. The monoisotopic (exact) mass is 212 g/mol. The molecule has 1 aromatic heterocycles. The average molecular weight is 212 g/mol. The summed E-state index contributed by atoms with van der Waals surface area (Å²) in [5, 5.41) is 0. The molecule has 2 unspecified atom stereocenters. The number of nitrogens with two attached hydrogens (primary N) is 1. The number of halogens is 1. The van der Waals surface area contributed by atoms with Gasteiger partial charge in [0.1, 0.15) is 12.0 Å². The van der Waals surface area contributed by atoms with Crippen LogP contribution in [0.2, 0.25) is 0 Å².